The molecule has 15 heavy (non-hydrogen) atoms. The fourth-order valence-corrected chi connectivity index (χ4v) is 1.35. The van der Waals surface area contributed by atoms with Gasteiger partial charge in [-0.2, -0.15) is 0 Å². The smallest absolute Gasteiger partial charge is 0.335 e. The van der Waals surface area contributed by atoms with E-state index in [0.717, 1.165) is 0 Å². The summed E-state index contributed by atoms with van der Waals surface area (Å²) in [4.78, 5) is 10.6. The summed E-state index contributed by atoms with van der Waals surface area (Å²) in [5, 5.41) is 36.7. The molecule has 1 unspecified atom stereocenters. The van der Waals surface area contributed by atoms with E-state index in [1.807, 2.05) is 0 Å². The number of carbonyl (C=O) groups is 1. The van der Waals surface area contributed by atoms with E-state index in [1.165, 1.54) is 0 Å². The molecule has 0 bridgehead atoms. The molecule has 0 aromatic carbocycles. The van der Waals surface area contributed by atoms with Crippen molar-refractivity contribution in [2.24, 2.45) is 0 Å². The minimum Gasteiger partial charge on any atom is -0.479 e. The van der Waals surface area contributed by atoms with Crippen LogP contribution in [0.2, 0.25) is 0 Å². The highest BCUT2D eigenvalue weighted by Gasteiger charge is 2.47. The Morgan fingerprint density at radius 2 is 1.87 bits per heavy atom. The molecule has 0 amide bonds. The Bertz CT molecular complexity index is 231. The standard InChI is InChI=1S/C8H14O7/c1-2-14-8-5(11)3(9)4(10)6(15-8)7(12)13/h3-6,8-11H,2H2,1H3,(H,12,13)/t3-,4+,5+,6+,8?/m1/s1. The van der Waals surface area contributed by atoms with Crippen molar-refractivity contribution in [3.05, 3.63) is 0 Å². The maximum absolute atomic E-state index is 10.6. The van der Waals surface area contributed by atoms with Crippen molar-refractivity contribution in [2.45, 2.75) is 37.6 Å². The van der Waals surface area contributed by atoms with Gasteiger partial charge < -0.3 is 29.9 Å². The topological polar surface area (TPSA) is 116 Å². The summed E-state index contributed by atoms with van der Waals surface area (Å²) < 4.78 is 9.69. The van der Waals surface area contributed by atoms with Gasteiger partial charge in [-0.1, -0.05) is 0 Å². The lowest BCUT2D eigenvalue weighted by Gasteiger charge is -2.38. The fraction of sp³-hybridized carbons (Fsp3) is 0.875. The fourth-order valence-electron chi connectivity index (χ4n) is 1.35. The molecule has 0 radical (unpaired) electrons. The molecule has 1 rings (SSSR count). The Morgan fingerprint density at radius 3 is 2.33 bits per heavy atom. The number of hydrogen-bond acceptors (Lipinski definition) is 6. The van der Waals surface area contributed by atoms with Crippen LogP contribution in [0.15, 0.2) is 0 Å². The third-order valence-corrected chi connectivity index (χ3v) is 2.14. The number of ether oxygens (including phenoxy) is 2. The van der Waals surface area contributed by atoms with Crippen LogP contribution in [-0.4, -0.2) is 63.7 Å². The van der Waals surface area contributed by atoms with Gasteiger partial charge in [0.15, 0.2) is 12.4 Å². The van der Waals surface area contributed by atoms with Crippen LogP contribution >= 0.6 is 0 Å². The van der Waals surface area contributed by atoms with Gasteiger partial charge in [-0.3, -0.25) is 0 Å². The first-order chi connectivity index (χ1) is 6.99. The van der Waals surface area contributed by atoms with Gasteiger partial charge in [0.05, 0.1) is 0 Å². The molecule has 5 atom stereocenters. The molecule has 0 aliphatic carbocycles. The van der Waals surface area contributed by atoms with Gasteiger partial charge in [-0.15, -0.1) is 0 Å². The van der Waals surface area contributed by atoms with E-state index < -0.39 is 36.7 Å². The molecule has 1 aliphatic rings. The van der Waals surface area contributed by atoms with Crippen molar-refractivity contribution in [1.82, 2.24) is 0 Å². The quantitative estimate of drug-likeness (QED) is 0.432. The lowest BCUT2D eigenvalue weighted by atomic mass is 9.99. The van der Waals surface area contributed by atoms with Gasteiger partial charge >= 0.3 is 5.97 Å². The zero-order chi connectivity index (χ0) is 11.6. The number of hydrogen-bond donors (Lipinski definition) is 4. The molecule has 1 saturated heterocycles. The van der Waals surface area contributed by atoms with E-state index in [4.69, 9.17) is 14.6 Å². The first-order valence-electron chi connectivity index (χ1n) is 4.53. The minimum absolute atomic E-state index is 0.191. The number of aliphatic carboxylic acids is 1. The molecule has 0 aromatic heterocycles. The summed E-state index contributed by atoms with van der Waals surface area (Å²) in [6, 6.07) is 0. The Hall–Kier alpha value is -0.730. The van der Waals surface area contributed by atoms with Crippen LogP contribution in [0.25, 0.3) is 0 Å². The lowest BCUT2D eigenvalue weighted by Crippen LogP contribution is -2.60. The average Bonchev–Trinajstić information content (AvgIpc) is 2.18. The van der Waals surface area contributed by atoms with Crippen molar-refractivity contribution in [3.63, 3.8) is 0 Å². The average molecular weight is 222 g/mol. The van der Waals surface area contributed by atoms with Crippen LogP contribution in [0.4, 0.5) is 0 Å². The second-order valence-corrected chi connectivity index (χ2v) is 3.19. The van der Waals surface area contributed by atoms with Crippen molar-refractivity contribution in [3.8, 4) is 0 Å². The van der Waals surface area contributed by atoms with Crippen LogP contribution in [0, 0.1) is 0 Å². The highest BCUT2D eigenvalue weighted by Crippen LogP contribution is 2.22. The minimum atomic E-state index is -1.67. The Labute approximate surface area is 85.9 Å². The summed E-state index contributed by atoms with van der Waals surface area (Å²) >= 11 is 0. The van der Waals surface area contributed by atoms with E-state index in [-0.39, 0.29) is 6.61 Å². The molecular formula is C8H14O7. The highest BCUT2D eigenvalue weighted by atomic mass is 16.7. The first kappa shape index (κ1) is 12.3. The first-order valence-corrected chi connectivity index (χ1v) is 4.53. The summed E-state index contributed by atoms with van der Waals surface area (Å²) in [5.41, 5.74) is 0. The molecule has 0 aromatic rings. The summed E-state index contributed by atoms with van der Waals surface area (Å²) in [6.07, 6.45) is -7.57. The second kappa shape index (κ2) is 4.86. The maximum Gasteiger partial charge on any atom is 0.335 e. The monoisotopic (exact) mass is 222 g/mol. The second-order valence-electron chi connectivity index (χ2n) is 3.19. The van der Waals surface area contributed by atoms with E-state index in [2.05, 4.69) is 0 Å². The van der Waals surface area contributed by atoms with Crippen LogP contribution in [0.1, 0.15) is 6.92 Å². The normalized spacial score (nSPS) is 41.5. The van der Waals surface area contributed by atoms with E-state index in [9.17, 15) is 20.1 Å². The van der Waals surface area contributed by atoms with Gasteiger partial charge in [0.25, 0.3) is 0 Å². The van der Waals surface area contributed by atoms with Crippen LogP contribution in [-0.2, 0) is 14.3 Å². The molecule has 0 saturated carbocycles. The van der Waals surface area contributed by atoms with Crippen molar-refractivity contribution in [1.29, 1.82) is 0 Å². The van der Waals surface area contributed by atoms with Gasteiger partial charge in [-0.05, 0) is 6.92 Å². The molecule has 4 N–H and O–H groups in total. The van der Waals surface area contributed by atoms with E-state index >= 15 is 0 Å². The zero-order valence-corrected chi connectivity index (χ0v) is 8.11. The summed E-state index contributed by atoms with van der Waals surface area (Å²) in [5.74, 6) is -1.42. The maximum atomic E-state index is 10.6. The SMILES string of the molecule is CCOC1O[C@H](C(=O)O)[C@@H](O)[C@@H](O)[C@@H]1O. The largest absolute Gasteiger partial charge is 0.479 e. The molecule has 1 heterocycles. The number of carboxylic acid groups (broad SMARTS) is 1. The van der Waals surface area contributed by atoms with E-state index in [0.29, 0.717) is 0 Å². The van der Waals surface area contributed by atoms with E-state index in [1.54, 1.807) is 6.92 Å². The van der Waals surface area contributed by atoms with Crippen LogP contribution in [0.5, 0.6) is 0 Å². The summed E-state index contributed by atoms with van der Waals surface area (Å²) in [6.45, 7) is 1.82. The molecule has 0 spiro atoms. The molecule has 1 aliphatic heterocycles. The molecular weight excluding hydrogens is 208 g/mol. The molecule has 7 heteroatoms. The van der Waals surface area contributed by atoms with Crippen LogP contribution < -0.4 is 0 Å². The summed E-state index contributed by atoms with van der Waals surface area (Å²) in [7, 11) is 0. The Morgan fingerprint density at radius 1 is 1.27 bits per heavy atom. The zero-order valence-electron chi connectivity index (χ0n) is 8.11. The van der Waals surface area contributed by atoms with Crippen LogP contribution in [0.3, 0.4) is 0 Å². The van der Waals surface area contributed by atoms with Gasteiger partial charge in [0.2, 0.25) is 0 Å². The predicted molar refractivity (Wildman–Crippen MR) is 45.9 cm³/mol. The molecule has 7 nitrogen and oxygen atoms in total. The van der Waals surface area contributed by atoms with Crippen molar-refractivity contribution in [2.75, 3.05) is 6.61 Å². The lowest BCUT2D eigenvalue weighted by molar-refractivity contribution is -0.292. The number of aliphatic hydroxyl groups excluding tert-OH is 3. The predicted octanol–water partition coefficient (Wildman–Crippen LogP) is -2.08. The highest BCUT2D eigenvalue weighted by molar-refractivity contribution is 5.73. The number of aliphatic hydroxyl groups is 3. The van der Waals surface area contributed by atoms with Gasteiger partial charge in [-0.25, -0.2) is 4.79 Å². The third-order valence-electron chi connectivity index (χ3n) is 2.14. The third kappa shape index (κ3) is 2.44. The Balaban J connectivity index is 2.75. The Kier molecular flexibility index (Phi) is 4.00. The molecule has 1 fully saturated rings. The number of carboxylic acids is 1. The van der Waals surface area contributed by atoms with Gasteiger partial charge in [0, 0.05) is 6.61 Å². The van der Waals surface area contributed by atoms with Crippen molar-refractivity contribution < 1.29 is 34.7 Å². The molecule has 88 valence electrons. The van der Waals surface area contributed by atoms with Gasteiger partial charge in [0.1, 0.15) is 18.3 Å². The number of rotatable bonds is 3. The van der Waals surface area contributed by atoms with Crippen molar-refractivity contribution >= 4 is 5.97 Å².